The molecule has 0 aliphatic carbocycles. The van der Waals surface area contributed by atoms with Gasteiger partial charge in [0.25, 0.3) is 6.85 Å². The quantitative estimate of drug-likeness (QED) is 0.550. The summed E-state index contributed by atoms with van der Waals surface area (Å²) in [5, 5.41) is 3.12. The number of nitrogens with one attached hydrogen (secondary N) is 2. The molecule has 0 saturated carbocycles. The predicted molar refractivity (Wildman–Crippen MR) is 82.2 cm³/mol. The zero-order chi connectivity index (χ0) is 14.4. The Kier molecular flexibility index (Phi) is 6.69. The summed E-state index contributed by atoms with van der Waals surface area (Å²) in [6.45, 7) is 10.9. The first-order valence-electron chi connectivity index (χ1n) is 7.81. The fourth-order valence-electron chi connectivity index (χ4n) is 2.61. The summed E-state index contributed by atoms with van der Waals surface area (Å²) in [5.74, 6) is 0.785. The van der Waals surface area contributed by atoms with Crippen LogP contribution in [0, 0.1) is 5.92 Å². The number of unbranched alkanes of at least 4 members (excludes halogenated alkanes) is 1. The average Bonchev–Trinajstić information content (AvgIpc) is 2.34. The maximum atomic E-state index is 11.9. The Hall–Kier alpha value is -0.705. The van der Waals surface area contributed by atoms with Gasteiger partial charge in [-0.05, 0) is 18.8 Å². The minimum Gasteiger partial charge on any atom is -0.334 e. The van der Waals surface area contributed by atoms with Crippen LogP contribution in [0.1, 0.15) is 52.9 Å². The number of carbonyl (C=O) groups excluding carboxylic acids is 1. The molecule has 0 aromatic rings. The molecule has 1 rings (SSSR count). The van der Waals surface area contributed by atoms with Gasteiger partial charge in [-0.15, -0.1) is 0 Å². The van der Waals surface area contributed by atoms with Crippen LogP contribution in [0.15, 0.2) is 0 Å². The first-order valence-corrected chi connectivity index (χ1v) is 7.81. The van der Waals surface area contributed by atoms with Crippen LogP contribution in [-0.4, -0.2) is 29.9 Å². The van der Waals surface area contributed by atoms with Crippen LogP contribution in [0.4, 0.5) is 4.79 Å². The van der Waals surface area contributed by atoms with Gasteiger partial charge in [0.2, 0.25) is 0 Å². The number of urea groups is 1. The van der Waals surface area contributed by atoms with E-state index in [-0.39, 0.29) is 18.9 Å². The van der Waals surface area contributed by atoms with E-state index in [1.54, 1.807) is 4.92 Å². The van der Waals surface area contributed by atoms with E-state index < -0.39 is 0 Å². The summed E-state index contributed by atoms with van der Waals surface area (Å²) in [6, 6.07) is 0.652. The molecule has 4 nitrogen and oxygen atoms in total. The molecule has 19 heavy (non-hydrogen) atoms. The van der Waals surface area contributed by atoms with E-state index in [1.165, 1.54) is 19.3 Å². The predicted octanol–water partition coefficient (Wildman–Crippen LogP) is 3.13. The zero-order valence-corrected chi connectivity index (χ0v) is 13.2. The second-order valence-electron chi connectivity index (χ2n) is 6.34. The molecule has 5 heteroatoms. The summed E-state index contributed by atoms with van der Waals surface area (Å²) in [4.78, 5) is 13.7. The Balaban J connectivity index is 2.46. The molecule has 1 heterocycles. The highest BCUT2D eigenvalue weighted by molar-refractivity contribution is 6.55. The highest BCUT2D eigenvalue weighted by atomic mass is 16.2. The van der Waals surface area contributed by atoms with Gasteiger partial charge in [0.05, 0.1) is 0 Å². The maximum absolute atomic E-state index is 11.9. The monoisotopic (exact) mass is 267 g/mol. The zero-order valence-electron chi connectivity index (χ0n) is 13.2. The van der Waals surface area contributed by atoms with Crippen LogP contribution in [-0.2, 0) is 0 Å². The number of hydrazine groups is 1. The van der Waals surface area contributed by atoms with E-state index in [1.807, 2.05) is 13.6 Å². The van der Waals surface area contributed by atoms with Gasteiger partial charge < -0.3 is 10.2 Å². The third kappa shape index (κ3) is 5.05. The molecular weight excluding hydrogens is 237 g/mol. The lowest BCUT2D eigenvalue weighted by Gasteiger charge is -2.41. The van der Waals surface area contributed by atoms with Gasteiger partial charge in [-0.1, -0.05) is 53.7 Å². The summed E-state index contributed by atoms with van der Waals surface area (Å²) in [7, 11) is 0. The van der Waals surface area contributed by atoms with Crippen LogP contribution in [0.3, 0.4) is 0 Å². The normalized spacial score (nSPS) is 23.7. The fourth-order valence-corrected chi connectivity index (χ4v) is 2.61. The SMILES string of the molecule is CC[C@@H]1NC(=O)N(B(C)C)NC1CCCCC(C)C. The summed E-state index contributed by atoms with van der Waals surface area (Å²) in [6.07, 6.45) is 5.92. The molecule has 2 N–H and O–H groups in total. The van der Waals surface area contributed by atoms with Crippen molar-refractivity contribution in [1.29, 1.82) is 0 Å². The smallest absolute Gasteiger partial charge is 0.319 e. The summed E-state index contributed by atoms with van der Waals surface area (Å²) >= 11 is 0. The molecule has 1 fully saturated rings. The van der Waals surface area contributed by atoms with Crippen molar-refractivity contribution < 1.29 is 4.79 Å². The van der Waals surface area contributed by atoms with Crippen molar-refractivity contribution in [2.45, 2.75) is 78.6 Å². The number of rotatable bonds is 7. The third-order valence-corrected chi connectivity index (χ3v) is 3.82. The molecule has 1 aliphatic heterocycles. The lowest BCUT2D eigenvalue weighted by atomic mass is 9.67. The van der Waals surface area contributed by atoms with Crippen LogP contribution >= 0.6 is 0 Å². The Morgan fingerprint density at radius 1 is 1.26 bits per heavy atom. The second-order valence-corrected chi connectivity index (χ2v) is 6.34. The molecule has 1 aliphatic rings. The van der Waals surface area contributed by atoms with Crippen molar-refractivity contribution in [3.63, 3.8) is 0 Å². The minimum absolute atomic E-state index is 0.0141. The van der Waals surface area contributed by atoms with E-state index >= 15 is 0 Å². The largest absolute Gasteiger partial charge is 0.334 e. The first-order chi connectivity index (χ1) is 8.95. The van der Waals surface area contributed by atoms with Gasteiger partial charge in [-0.3, -0.25) is 0 Å². The van der Waals surface area contributed by atoms with Gasteiger partial charge in [-0.25, -0.2) is 10.2 Å². The second kappa shape index (κ2) is 7.78. The average molecular weight is 267 g/mol. The van der Waals surface area contributed by atoms with Crippen molar-refractivity contribution in [2.24, 2.45) is 5.92 Å². The molecule has 1 saturated heterocycles. The first kappa shape index (κ1) is 16.3. The lowest BCUT2D eigenvalue weighted by Crippen LogP contribution is -2.68. The van der Waals surface area contributed by atoms with Gasteiger partial charge in [0, 0.05) is 12.1 Å². The highest BCUT2D eigenvalue weighted by Crippen LogP contribution is 2.16. The van der Waals surface area contributed by atoms with E-state index in [0.717, 1.165) is 18.8 Å². The molecular formula is C14H30BN3O. The number of hydrogen-bond donors (Lipinski definition) is 2. The number of carbonyl (C=O) groups is 1. The van der Waals surface area contributed by atoms with Crippen molar-refractivity contribution in [3.05, 3.63) is 0 Å². The van der Waals surface area contributed by atoms with Crippen LogP contribution < -0.4 is 10.7 Å². The molecule has 2 atom stereocenters. The Morgan fingerprint density at radius 3 is 2.47 bits per heavy atom. The van der Waals surface area contributed by atoms with Crippen molar-refractivity contribution in [1.82, 2.24) is 15.7 Å². The maximum Gasteiger partial charge on any atom is 0.319 e. The molecule has 0 aromatic heterocycles. The van der Waals surface area contributed by atoms with Crippen LogP contribution in [0.25, 0.3) is 0 Å². The molecule has 0 radical (unpaired) electrons. The van der Waals surface area contributed by atoms with E-state index in [9.17, 15) is 4.79 Å². The number of hydrogen-bond acceptors (Lipinski definition) is 2. The third-order valence-electron chi connectivity index (χ3n) is 3.82. The molecule has 0 bridgehead atoms. The van der Waals surface area contributed by atoms with Crippen molar-refractivity contribution in [2.75, 3.05) is 0 Å². The van der Waals surface area contributed by atoms with E-state index in [2.05, 4.69) is 31.5 Å². The molecule has 1 unspecified atom stereocenters. The molecule has 0 aromatic carbocycles. The molecule has 2 amide bonds. The lowest BCUT2D eigenvalue weighted by molar-refractivity contribution is 0.154. The van der Waals surface area contributed by atoms with E-state index in [0.29, 0.717) is 6.04 Å². The van der Waals surface area contributed by atoms with Gasteiger partial charge in [0.15, 0.2) is 0 Å². The molecule has 0 spiro atoms. The van der Waals surface area contributed by atoms with Crippen LogP contribution in [0.5, 0.6) is 0 Å². The Labute approximate surface area is 118 Å². The van der Waals surface area contributed by atoms with Gasteiger partial charge in [0.1, 0.15) is 0 Å². The summed E-state index contributed by atoms with van der Waals surface area (Å²) in [5.41, 5.74) is 3.41. The van der Waals surface area contributed by atoms with Crippen molar-refractivity contribution >= 4 is 12.9 Å². The fraction of sp³-hybridized carbons (Fsp3) is 0.929. The van der Waals surface area contributed by atoms with Gasteiger partial charge in [-0.2, -0.15) is 0 Å². The Morgan fingerprint density at radius 2 is 1.95 bits per heavy atom. The van der Waals surface area contributed by atoms with Crippen molar-refractivity contribution in [3.8, 4) is 0 Å². The van der Waals surface area contributed by atoms with E-state index in [4.69, 9.17) is 0 Å². The number of amides is 2. The highest BCUT2D eigenvalue weighted by Gasteiger charge is 2.33. The topological polar surface area (TPSA) is 44.4 Å². The standard InChI is InChI=1S/C14H30BN3O/c1-6-12-13(10-8-7-9-11(2)3)17-18(15(4)5)14(19)16-12/h11-13,17H,6-10H2,1-5H3,(H,16,19)/t12-,13?/m0/s1. The Bertz CT molecular complexity index is 284. The summed E-state index contributed by atoms with van der Waals surface area (Å²) < 4.78 is 0. The van der Waals surface area contributed by atoms with Gasteiger partial charge >= 0.3 is 6.03 Å². The molecule has 110 valence electrons. The minimum atomic E-state index is 0.0141. The number of nitrogens with zero attached hydrogens (tertiary/aromatic N) is 1. The van der Waals surface area contributed by atoms with Crippen LogP contribution in [0.2, 0.25) is 13.6 Å².